The Balaban J connectivity index is 1.87. The van der Waals surface area contributed by atoms with E-state index in [0.29, 0.717) is 21.9 Å². The number of hydrogen-bond donors (Lipinski definition) is 2. The van der Waals surface area contributed by atoms with Crippen molar-refractivity contribution < 1.29 is 27.8 Å². The Kier molecular flexibility index (Phi) is 7.29. The molecule has 0 amide bonds. The molecule has 0 saturated carbocycles. The van der Waals surface area contributed by atoms with Crippen LogP contribution in [0.1, 0.15) is 13.8 Å². The molecule has 2 aromatic heterocycles. The van der Waals surface area contributed by atoms with Gasteiger partial charge in [-0.25, -0.2) is 4.98 Å². The number of nitrogens with zero attached hydrogens (tertiary/aromatic N) is 2. The second-order valence-corrected chi connectivity index (χ2v) is 8.00. The predicted molar refractivity (Wildman–Crippen MR) is 111 cm³/mol. The Labute approximate surface area is 180 Å². The zero-order valence-electron chi connectivity index (χ0n) is 16.8. The summed E-state index contributed by atoms with van der Waals surface area (Å²) in [5, 5.41) is 10.5. The molecule has 0 spiro atoms. The Morgan fingerprint density at radius 2 is 1.94 bits per heavy atom. The van der Waals surface area contributed by atoms with Crippen molar-refractivity contribution in [3.63, 3.8) is 0 Å². The molecule has 168 valence electrons. The summed E-state index contributed by atoms with van der Waals surface area (Å²) in [6, 6.07) is 7.33. The molecule has 0 aliphatic carbocycles. The SMILES string of the molecule is CC(C)OCC(O)CSc1nc2cc[nH]c2c(=O)n1-c1ccc(OCC(F)(F)F)cc1. The van der Waals surface area contributed by atoms with Crippen molar-refractivity contribution in [2.75, 3.05) is 19.0 Å². The number of halogens is 3. The van der Waals surface area contributed by atoms with E-state index in [0.717, 1.165) is 0 Å². The maximum atomic E-state index is 13.0. The van der Waals surface area contributed by atoms with Crippen molar-refractivity contribution in [1.29, 1.82) is 0 Å². The minimum absolute atomic E-state index is 0.0229. The maximum Gasteiger partial charge on any atom is 0.422 e. The van der Waals surface area contributed by atoms with E-state index in [-0.39, 0.29) is 29.8 Å². The van der Waals surface area contributed by atoms with Gasteiger partial charge in [-0.05, 0) is 44.2 Å². The number of aliphatic hydroxyl groups is 1. The fourth-order valence-electron chi connectivity index (χ4n) is 2.68. The lowest BCUT2D eigenvalue weighted by Gasteiger charge is -2.16. The fourth-order valence-corrected chi connectivity index (χ4v) is 3.60. The van der Waals surface area contributed by atoms with Gasteiger partial charge in [0.25, 0.3) is 5.56 Å². The number of aromatic amines is 1. The first kappa shape index (κ1) is 23.2. The molecule has 0 fully saturated rings. The van der Waals surface area contributed by atoms with E-state index >= 15 is 0 Å². The van der Waals surface area contributed by atoms with Gasteiger partial charge in [-0.1, -0.05) is 11.8 Å². The summed E-state index contributed by atoms with van der Waals surface area (Å²) in [7, 11) is 0. The van der Waals surface area contributed by atoms with Gasteiger partial charge in [-0.3, -0.25) is 9.36 Å². The third-order valence-corrected chi connectivity index (χ3v) is 5.16. The summed E-state index contributed by atoms with van der Waals surface area (Å²) in [6.07, 6.45) is -3.64. The van der Waals surface area contributed by atoms with Crippen LogP contribution >= 0.6 is 11.8 Å². The molecule has 0 saturated heterocycles. The summed E-state index contributed by atoms with van der Waals surface area (Å²) >= 11 is 1.18. The van der Waals surface area contributed by atoms with Crippen LogP contribution in [-0.4, -0.2) is 57.0 Å². The van der Waals surface area contributed by atoms with Crippen LogP contribution in [0.25, 0.3) is 16.7 Å². The molecule has 3 rings (SSSR count). The van der Waals surface area contributed by atoms with Crippen LogP contribution in [0.15, 0.2) is 46.5 Å². The molecule has 2 N–H and O–H groups in total. The van der Waals surface area contributed by atoms with Crippen LogP contribution < -0.4 is 10.3 Å². The van der Waals surface area contributed by atoms with E-state index in [1.807, 2.05) is 13.8 Å². The standard InChI is InChI=1S/C20H22F3N3O4S/c1-12(2)29-9-14(27)10-31-19-25-16-7-8-24-17(16)18(28)26(19)13-3-5-15(6-4-13)30-11-20(21,22)23/h3-8,12,14,24,27H,9-11H2,1-2H3. The lowest BCUT2D eigenvalue weighted by atomic mass is 10.3. The number of ether oxygens (including phenoxy) is 2. The third-order valence-electron chi connectivity index (χ3n) is 4.07. The minimum Gasteiger partial charge on any atom is -0.484 e. The smallest absolute Gasteiger partial charge is 0.422 e. The molecule has 0 aliphatic rings. The van der Waals surface area contributed by atoms with E-state index in [1.54, 1.807) is 12.3 Å². The zero-order valence-corrected chi connectivity index (χ0v) is 17.7. The number of alkyl halides is 3. The van der Waals surface area contributed by atoms with Crippen molar-refractivity contribution in [1.82, 2.24) is 14.5 Å². The van der Waals surface area contributed by atoms with Gasteiger partial charge >= 0.3 is 6.18 Å². The highest BCUT2D eigenvalue weighted by Gasteiger charge is 2.28. The first-order valence-electron chi connectivity index (χ1n) is 9.46. The van der Waals surface area contributed by atoms with Crippen LogP contribution in [0.2, 0.25) is 0 Å². The summed E-state index contributed by atoms with van der Waals surface area (Å²) in [4.78, 5) is 20.4. The van der Waals surface area contributed by atoms with Gasteiger partial charge in [-0.2, -0.15) is 13.2 Å². The second-order valence-electron chi connectivity index (χ2n) is 7.02. The molecule has 31 heavy (non-hydrogen) atoms. The summed E-state index contributed by atoms with van der Waals surface area (Å²) < 4.78 is 48.5. The lowest BCUT2D eigenvalue weighted by Crippen LogP contribution is -2.24. The molecule has 0 bridgehead atoms. The molecule has 1 unspecified atom stereocenters. The minimum atomic E-state index is -4.44. The molecule has 1 atom stereocenters. The molecule has 7 nitrogen and oxygen atoms in total. The predicted octanol–water partition coefficient (Wildman–Crippen LogP) is 3.53. The van der Waals surface area contributed by atoms with Crippen LogP contribution in [0.3, 0.4) is 0 Å². The van der Waals surface area contributed by atoms with Gasteiger partial charge in [0.1, 0.15) is 11.3 Å². The van der Waals surface area contributed by atoms with E-state index < -0.39 is 18.9 Å². The molecule has 1 aromatic carbocycles. The largest absolute Gasteiger partial charge is 0.484 e. The number of aromatic nitrogens is 3. The fraction of sp³-hybridized carbons (Fsp3) is 0.400. The lowest BCUT2D eigenvalue weighted by molar-refractivity contribution is -0.153. The Morgan fingerprint density at radius 1 is 1.23 bits per heavy atom. The van der Waals surface area contributed by atoms with Crippen LogP contribution in [0.5, 0.6) is 5.75 Å². The van der Waals surface area contributed by atoms with Gasteiger partial charge in [-0.15, -0.1) is 0 Å². The Morgan fingerprint density at radius 3 is 2.58 bits per heavy atom. The summed E-state index contributed by atoms with van der Waals surface area (Å²) in [6.45, 7) is 2.47. The molecule has 11 heteroatoms. The Bertz CT molecular complexity index is 1060. The monoisotopic (exact) mass is 457 g/mol. The van der Waals surface area contributed by atoms with Gasteiger partial charge in [0.05, 0.1) is 30.0 Å². The molecular weight excluding hydrogens is 435 g/mol. The van der Waals surface area contributed by atoms with Crippen LogP contribution in [0, 0.1) is 0 Å². The number of nitrogens with one attached hydrogen (secondary N) is 1. The molecule has 0 radical (unpaired) electrons. The third kappa shape index (κ3) is 6.25. The number of benzene rings is 1. The van der Waals surface area contributed by atoms with Gasteiger partial charge in [0.15, 0.2) is 11.8 Å². The second kappa shape index (κ2) is 9.75. The van der Waals surface area contributed by atoms with Crippen molar-refractivity contribution in [2.45, 2.75) is 37.4 Å². The van der Waals surface area contributed by atoms with Gasteiger partial charge in [0, 0.05) is 11.9 Å². The van der Waals surface area contributed by atoms with Gasteiger partial charge < -0.3 is 19.6 Å². The van der Waals surface area contributed by atoms with Gasteiger partial charge in [0.2, 0.25) is 0 Å². The highest BCUT2D eigenvalue weighted by atomic mass is 32.2. The molecule has 0 aliphatic heterocycles. The maximum absolute atomic E-state index is 13.0. The number of aliphatic hydroxyl groups excluding tert-OH is 1. The first-order valence-corrected chi connectivity index (χ1v) is 10.4. The van der Waals surface area contributed by atoms with Crippen molar-refractivity contribution in [3.05, 3.63) is 46.9 Å². The number of thioether (sulfide) groups is 1. The average Bonchev–Trinajstić information content (AvgIpc) is 3.18. The number of hydrogen-bond acceptors (Lipinski definition) is 6. The molecular formula is C20H22F3N3O4S. The quantitative estimate of drug-likeness (QED) is 0.378. The topological polar surface area (TPSA) is 89.4 Å². The molecule has 3 aromatic rings. The van der Waals surface area contributed by atoms with Crippen LogP contribution in [0.4, 0.5) is 13.2 Å². The summed E-state index contributed by atoms with van der Waals surface area (Å²) in [5.41, 5.74) is 0.811. The first-order chi connectivity index (χ1) is 14.6. The van der Waals surface area contributed by atoms with Crippen LogP contribution in [-0.2, 0) is 4.74 Å². The van der Waals surface area contributed by atoms with E-state index in [9.17, 15) is 23.1 Å². The highest BCUT2D eigenvalue weighted by molar-refractivity contribution is 7.99. The number of rotatable bonds is 9. The van der Waals surface area contributed by atoms with E-state index in [1.165, 1.54) is 40.6 Å². The number of H-pyrrole nitrogens is 1. The van der Waals surface area contributed by atoms with E-state index in [2.05, 4.69) is 9.97 Å². The molecule has 2 heterocycles. The number of fused-ring (bicyclic) bond motifs is 1. The van der Waals surface area contributed by atoms with Crippen molar-refractivity contribution in [2.24, 2.45) is 0 Å². The van der Waals surface area contributed by atoms with E-state index in [4.69, 9.17) is 9.47 Å². The summed E-state index contributed by atoms with van der Waals surface area (Å²) in [5.74, 6) is 0.264. The average molecular weight is 457 g/mol. The van der Waals surface area contributed by atoms with Crippen molar-refractivity contribution in [3.8, 4) is 11.4 Å². The van der Waals surface area contributed by atoms with Crippen molar-refractivity contribution >= 4 is 22.8 Å². The zero-order chi connectivity index (χ0) is 22.6. The normalized spacial score (nSPS) is 13.1. The highest BCUT2D eigenvalue weighted by Crippen LogP contribution is 2.24. The Hall–Kier alpha value is -2.50.